The van der Waals surface area contributed by atoms with Gasteiger partial charge in [-0.2, -0.15) is 0 Å². The molecule has 1 aliphatic rings. The number of nitrogens with zero attached hydrogens (tertiary/aromatic N) is 1. The standard InChI is InChI=1S/C8H9BrN2O2/c9-7-6(10)1-2-11-8(7)13-5-3-12-4-5/h1-2,5H,3-4H2,(H2,10,11). The van der Waals surface area contributed by atoms with Gasteiger partial charge < -0.3 is 15.2 Å². The van der Waals surface area contributed by atoms with Gasteiger partial charge in [-0.3, -0.25) is 0 Å². The van der Waals surface area contributed by atoms with Gasteiger partial charge >= 0.3 is 0 Å². The molecule has 0 radical (unpaired) electrons. The van der Waals surface area contributed by atoms with E-state index in [0.717, 1.165) is 0 Å². The molecule has 1 aromatic rings. The number of hydrogen-bond donors (Lipinski definition) is 1. The van der Waals surface area contributed by atoms with Crippen LogP contribution >= 0.6 is 15.9 Å². The van der Waals surface area contributed by atoms with Gasteiger partial charge in [-0.25, -0.2) is 4.98 Å². The lowest BCUT2D eigenvalue weighted by atomic mass is 10.3. The van der Waals surface area contributed by atoms with Crippen molar-refractivity contribution in [3.8, 4) is 5.88 Å². The third-order valence-corrected chi connectivity index (χ3v) is 2.57. The molecule has 4 nitrogen and oxygen atoms in total. The van der Waals surface area contributed by atoms with E-state index in [0.29, 0.717) is 29.3 Å². The van der Waals surface area contributed by atoms with E-state index in [4.69, 9.17) is 15.2 Å². The van der Waals surface area contributed by atoms with Gasteiger partial charge in [-0.05, 0) is 22.0 Å². The van der Waals surface area contributed by atoms with Crippen LogP contribution in [0.25, 0.3) is 0 Å². The number of anilines is 1. The van der Waals surface area contributed by atoms with E-state index in [1.54, 1.807) is 12.3 Å². The normalized spacial score (nSPS) is 16.7. The van der Waals surface area contributed by atoms with E-state index in [1.807, 2.05) is 0 Å². The molecule has 0 atom stereocenters. The average molecular weight is 245 g/mol. The zero-order valence-corrected chi connectivity index (χ0v) is 8.45. The van der Waals surface area contributed by atoms with Crippen LogP contribution in [-0.2, 0) is 4.74 Å². The molecule has 0 unspecified atom stereocenters. The lowest BCUT2D eigenvalue weighted by molar-refractivity contribution is -0.0816. The van der Waals surface area contributed by atoms with E-state index in [9.17, 15) is 0 Å². The lowest BCUT2D eigenvalue weighted by Crippen LogP contribution is -2.38. The van der Waals surface area contributed by atoms with Gasteiger partial charge in [0.1, 0.15) is 10.6 Å². The van der Waals surface area contributed by atoms with E-state index >= 15 is 0 Å². The summed E-state index contributed by atoms with van der Waals surface area (Å²) in [6.45, 7) is 1.26. The highest BCUT2D eigenvalue weighted by Crippen LogP contribution is 2.29. The van der Waals surface area contributed by atoms with Crippen molar-refractivity contribution in [1.82, 2.24) is 4.98 Å². The Morgan fingerprint density at radius 2 is 2.38 bits per heavy atom. The SMILES string of the molecule is Nc1ccnc(OC2COC2)c1Br. The Hall–Kier alpha value is -0.810. The van der Waals surface area contributed by atoms with Crippen LogP contribution in [0.5, 0.6) is 5.88 Å². The Balaban J connectivity index is 2.14. The van der Waals surface area contributed by atoms with Gasteiger partial charge in [0, 0.05) is 6.20 Å². The molecule has 5 heteroatoms. The Morgan fingerprint density at radius 1 is 1.62 bits per heavy atom. The Morgan fingerprint density at radius 3 is 3.00 bits per heavy atom. The minimum absolute atomic E-state index is 0.116. The molecule has 1 saturated heterocycles. The summed E-state index contributed by atoms with van der Waals surface area (Å²) in [5.41, 5.74) is 6.29. The summed E-state index contributed by atoms with van der Waals surface area (Å²) in [4.78, 5) is 4.06. The fraction of sp³-hybridized carbons (Fsp3) is 0.375. The number of ether oxygens (including phenoxy) is 2. The summed E-state index contributed by atoms with van der Waals surface area (Å²) in [5.74, 6) is 0.535. The molecule has 2 N–H and O–H groups in total. The number of hydrogen-bond acceptors (Lipinski definition) is 4. The smallest absolute Gasteiger partial charge is 0.230 e. The molecule has 1 aliphatic heterocycles. The van der Waals surface area contributed by atoms with Gasteiger partial charge in [-0.15, -0.1) is 0 Å². The van der Waals surface area contributed by atoms with Crippen LogP contribution in [0.4, 0.5) is 5.69 Å². The van der Waals surface area contributed by atoms with E-state index in [1.165, 1.54) is 0 Å². The molecule has 2 rings (SSSR count). The Bertz CT molecular complexity index is 315. The van der Waals surface area contributed by atoms with Crippen molar-refractivity contribution in [2.75, 3.05) is 18.9 Å². The monoisotopic (exact) mass is 244 g/mol. The van der Waals surface area contributed by atoms with Crippen LogP contribution in [-0.4, -0.2) is 24.3 Å². The minimum atomic E-state index is 0.116. The zero-order chi connectivity index (χ0) is 9.26. The fourth-order valence-electron chi connectivity index (χ4n) is 0.961. The Labute approximate surface area is 84.2 Å². The van der Waals surface area contributed by atoms with Gasteiger partial charge in [0.05, 0.1) is 18.9 Å². The lowest BCUT2D eigenvalue weighted by Gasteiger charge is -2.26. The van der Waals surface area contributed by atoms with Gasteiger partial charge in [-0.1, -0.05) is 0 Å². The number of halogens is 1. The van der Waals surface area contributed by atoms with Crippen molar-refractivity contribution < 1.29 is 9.47 Å². The van der Waals surface area contributed by atoms with Gasteiger partial charge in [0.15, 0.2) is 0 Å². The summed E-state index contributed by atoms with van der Waals surface area (Å²) in [6, 6.07) is 1.72. The molecular weight excluding hydrogens is 236 g/mol. The first-order valence-corrected chi connectivity index (χ1v) is 4.71. The number of rotatable bonds is 2. The highest BCUT2D eigenvalue weighted by atomic mass is 79.9. The third-order valence-electron chi connectivity index (χ3n) is 1.77. The maximum absolute atomic E-state index is 5.66. The number of nitrogens with two attached hydrogens (primary N) is 1. The van der Waals surface area contributed by atoms with Crippen molar-refractivity contribution in [2.45, 2.75) is 6.10 Å². The topological polar surface area (TPSA) is 57.4 Å². The first kappa shape index (κ1) is 8.77. The van der Waals surface area contributed by atoms with Crippen LogP contribution < -0.4 is 10.5 Å². The second-order valence-electron chi connectivity index (χ2n) is 2.80. The molecule has 0 amide bonds. The number of pyridine rings is 1. The second kappa shape index (κ2) is 3.51. The van der Waals surface area contributed by atoms with Crippen LogP contribution in [0.1, 0.15) is 0 Å². The first-order chi connectivity index (χ1) is 6.27. The molecule has 0 saturated carbocycles. The molecule has 0 aliphatic carbocycles. The molecule has 1 aromatic heterocycles. The number of nitrogen functional groups attached to an aromatic ring is 1. The van der Waals surface area contributed by atoms with Crippen molar-refractivity contribution in [3.63, 3.8) is 0 Å². The predicted octanol–water partition coefficient (Wildman–Crippen LogP) is 1.20. The predicted molar refractivity (Wildman–Crippen MR) is 51.6 cm³/mol. The van der Waals surface area contributed by atoms with Crippen LogP contribution in [0.2, 0.25) is 0 Å². The quantitative estimate of drug-likeness (QED) is 0.850. The molecule has 1 fully saturated rings. The van der Waals surface area contributed by atoms with Crippen LogP contribution in [0, 0.1) is 0 Å². The van der Waals surface area contributed by atoms with Crippen molar-refractivity contribution >= 4 is 21.6 Å². The zero-order valence-electron chi connectivity index (χ0n) is 6.87. The maximum atomic E-state index is 5.66. The van der Waals surface area contributed by atoms with Crippen LogP contribution in [0.15, 0.2) is 16.7 Å². The Kier molecular flexibility index (Phi) is 2.37. The summed E-state index contributed by atoms with van der Waals surface area (Å²) in [7, 11) is 0. The molecular formula is C8H9BrN2O2. The highest BCUT2D eigenvalue weighted by molar-refractivity contribution is 9.10. The summed E-state index contributed by atoms with van der Waals surface area (Å²) in [5, 5.41) is 0. The fourth-order valence-corrected chi connectivity index (χ4v) is 1.29. The second-order valence-corrected chi connectivity index (χ2v) is 3.59. The summed E-state index contributed by atoms with van der Waals surface area (Å²) in [6.07, 6.45) is 1.74. The molecule has 2 heterocycles. The number of aromatic nitrogens is 1. The third kappa shape index (κ3) is 1.76. The summed E-state index contributed by atoms with van der Waals surface area (Å²) < 4.78 is 11.2. The van der Waals surface area contributed by atoms with Crippen molar-refractivity contribution in [1.29, 1.82) is 0 Å². The largest absolute Gasteiger partial charge is 0.469 e. The highest BCUT2D eigenvalue weighted by Gasteiger charge is 2.21. The molecule has 13 heavy (non-hydrogen) atoms. The minimum Gasteiger partial charge on any atom is -0.469 e. The van der Waals surface area contributed by atoms with E-state index < -0.39 is 0 Å². The van der Waals surface area contributed by atoms with Gasteiger partial charge in [0.25, 0.3) is 0 Å². The molecule has 0 spiro atoms. The van der Waals surface area contributed by atoms with Gasteiger partial charge in [0.2, 0.25) is 5.88 Å². The first-order valence-electron chi connectivity index (χ1n) is 3.92. The van der Waals surface area contributed by atoms with Crippen LogP contribution in [0.3, 0.4) is 0 Å². The molecule has 0 aromatic carbocycles. The molecule has 0 bridgehead atoms. The van der Waals surface area contributed by atoms with E-state index in [2.05, 4.69) is 20.9 Å². The van der Waals surface area contributed by atoms with E-state index in [-0.39, 0.29) is 6.10 Å². The van der Waals surface area contributed by atoms with Crippen molar-refractivity contribution in [2.24, 2.45) is 0 Å². The van der Waals surface area contributed by atoms with Crippen molar-refractivity contribution in [3.05, 3.63) is 16.7 Å². The average Bonchev–Trinajstić information content (AvgIpc) is 2.04. The molecule has 70 valence electrons. The maximum Gasteiger partial charge on any atom is 0.230 e. The summed E-state index contributed by atoms with van der Waals surface area (Å²) >= 11 is 3.31.